The van der Waals surface area contributed by atoms with Gasteiger partial charge in [0.2, 0.25) is 5.91 Å². The van der Waals surface area contributed by atoms with Gasteiger partial charge in [-0.15, -0.1) is 0 Å². The zero-order chi connectivity index (χ0) is 17.9. The van der Waals surface area contributed by atoms with Crippen molar-refractivity contribution in [1.82, 2.24) is 19.9 Å². The molecule has 132 valence electrons. The van der Waals surface area contributed by atoms with Crippen molar-refractivity contribution in [2.75, 3.05) is 6.54 Å². The quantitative estimate of drug-likeness (QED) is 0.759. The molecule has 0 fully saturated rings. The summed E-state index contributed by atoms with van der Waals surface area (Å²) in [7, 11) is 0. The van der Waals surface area contributed by atoms with Crippen LogP contribution in [0.2, 0.25) is 0 Å². The number of fused-ring (bicyclic) bond motifs is 1. The fourth-order valence-corrected chi connectivity index (χ4v) is 3.45. The number of aromatic hydroxyl groups is 1. The fourth-order valence-electron chi connectivity index (χ4n) is 3.45. The van der Waals surface area contributed by atoms with E-state index in [9.17, 15) is 9.90 Å². The minimum atomic E-state index is -0.0455. The van der Waals surface area contributed by atoms with Crippen LogP contribution in [0, 0.1) is 0 Å². The van der Waals surface area contributed by atoms with Crippen molar-refractivity contribution in [3.8, 4) is 5.75 Å². The van der Waals surface area contributed by atoms with Gasteiger partial charge < -0.3 is 15.0 Å². The number of pyridine rings is 1. The Balaban J connectivity index is 1.52. The molecule has 2 aromatic heterocycles. The highest BCUT2D eigenvalue weighted by Gasteiger charge is 2.31. The van der Waals surface area contributed by atoms with Gasteiger partial charge in [-0.3, -0.25) is 9.78 Å². The molecule has 0 spiro atoms. The summed E-state index contributed by atoms with van der Waals surface area (Å²) in [5, 5.41) is 9.81. The van der Waals surface area contributed by atoms with Gasteiger partial charge in [0.25, 0.3) is 0 Å². The van der Waals surface area contributed by atoms with Crippen molar-refractivity contribution in [3.63, 3.8) is 0 Å². The Kier molecular flexibility index (Phi) is 4.39. The molecule has 6 heteroatoms. The molecule has 1 aliphatic rings. The van der Waals surface area contributed by atoms with Crippen LogP contribution in [-0.4, -0.2) is 37.4 Å². The first-order chi connectivity index (χ1) is 12.7. The second kappa shape index (κ2) is 7.00. The normalized spacial score (nSPS) is 16.3. The van der Waals surface area contributed by atoms with Crippen molar-refractivity contribution < 1.29 is 9.90 Å². The van der Waals surface area contributed by atoms with E-state index >= 15 is 0 Å². The van der Waals surface area contributed by atoms with Crippen molar-refractivity contribution in [2.45, 2.75) is 25.3 Å². The third-order valence-corrected chi connectivity index (χ3v) is 4.78. The number of imidazole rings is 1. The molecule has 1 atom stereocenters. The van der Waals surface area contributed by atoms with E-state index in [1.165, 1.54) is 0 Å². The van der Waals surface area contributed by atoms with E-state index in [2.05, 4.69) is 15.0 Å². The van der Waals surface area contributed by atoms with Crippen molar-refractivity contribution in [2.24, 2.45) is 0 Å². The van der Waals surface area contributed by atoms with Crippen LogP contribution in [0.5, 0.6) is 5.75 Å². The van der Waals surface area contributed by atoms with E-state index in [0.29, 0.717) is 25.9 Å². The molecule has 0 radical (unpaired) electrons. The third-order valence-electron chi connectivity index (χ3n) is 4.78. The van der Waals surface area contributed by atoms with E-state index in [1.54, 1.807) is 24.7 Å². The summed E-state index contributed by atoms with van der Waals surface area (Å²) >= 11 is 0. The van der Waals surface area contributed by atoms with Gasteiger partial charge in [-0.05, 0) is 36.2 Å². The monoisotopic (exact) mass is 348 g/mol. The number of H-pyrrole nitrogens is 1. The molecular weight excluding hydrogens is 328 g/mol. The number of aromatic amines is 1. The van der Waals surface area contributed by atoms with Crippen LogP contribution in [0.15, 0.2) is 55.0 Å². The maximum atomic E-state index is 12.8. The topological polar surface area (TPSA) is 82.1 Å². The molecular formula is C20H20N4O2. The molecule has 1 unspecified atom stereocenters. The van der Waals surface area contributed by atoms with E-state index in [4.69, 9.17) is 0 Å². The van der Waals surface area contributed by atoms with Crippen LogP contribution >= 0.6 is 0 Å². The molecule has 0 saturated heterocycles. The summed E-state index contributed by atoms with van der Waals surface area (Å²) < 4.78 is 0. The van der Waals surface area contributed by atoms with Crippen LogP contribution < -0.4 is 0 Å². The lowest BCUT2D eigenvalue weighted by Gasteiger charge is -2.32. The summed E-state index contributed by atoms with van der Waals surface area (Å²) in [4.78, 5) is 26.5. The average Bonchev–Trinajstić information content (AvgIpc) is 3.15. The first kappa shape index (κ1) is 16.3. The smallest absolute Gasteiger partial charge is 0.223 e. The minimum absolute atomic E-state index is 0.0455. The molecule has 0 bridgehead atoms. The van der Waals surface area contributed by atoms with Crippen LogP contribution in [0.25, 0.3) is 0 Å². The number of hydrogen-bond donors (Lipinski definition) is 2. The number of aromatic nitrogens is 3. The number of carbonyl (C=O) groups is 1. The van der Waals surface area contributed by atoms with Gasteiger partial charge in [-0.25, -0.2) is 4.98 Å². The van der Waals surface area contributed by atoms with Crippen molar-refractivity contribution in [3.05, 3.63) is 77.6 Å². The van der Waals surface area contributed by atoms with Gasteiger partial charge in [0, 0.05) is 30.8 Å². The molecule has 1 aromatic carbocycles. The number of rotatable bonds is 4. The third kappa shape index (κ3) is 3.31. The van der Waals surface area contributed by atoms with E-state index in [1.807, 2.05) is 35.2 Å². The van der Waals surface area contributed by atoms with Gasteiger partial charge in [-0.1, -0.05) is 18.2 Å². The zero-order valence-corrected chi connectivity index (χ0v) is 14.3. The van der Waals surface area contributed by atoms with Gasteiger partial charge in [-0.2, -0.15) is 0 Å². The molecule has 26 heavy (non-hydrogen) atoms. The molecule has 1 amide bonds. The van der Waals surface area contributed by atoms with Crippen molar-refractivity contribution >= 4 is 5.91 Å². The number of hydrogen-bond acceptors (Lipinski definition) is 4. The second-order valence-electron chi connectivity index (χ2n) is 6.51. The maximum Gasteiger partial charge on any atom is 0.223 e. The number of nitrogens with zero attached hydrogens (tertiary/aromatic N) is 3. The first-order valence-corrected chi connectivity index (χ1v) is 8.69. The summed E-state index contributed by atoms with van der Waals surface area (Å²) in [6, 6.07) is 12.9. The summed E-state index contributed by atoms with van der Waals surface area (Å²) in [6.07, 6.45) is 4.47. The van der Waals surface area contributed by atoms with Gasteiger partial charge in [0.15, 0.2) is 0 Å². The maximum absolute atomic E-state index is 12.8. The molecule has 6 nitrogen and oxygen atoms in total. The van der Waals surface area contributed by atoms with Crippen LogP contribution in [0.1, 0.15) is 35.0 Å². The van der Waals surface area contributed by atoms with E-state index in [0.717, 1.165) is 22.6 Å². The number of carbonyl (C=O) groups excluding carboxylic acids is 1. The zero-order valence-electron chi connectivity index (χ0n) is 14.3. The number of amides is 1. The van der Waals surface area contributed by atoms with Crippen molar-refractivity contribution in [1.29, 1.82) is 0 Å². The Morgan fingerprint density at radius 2 is 2.15 bits per heavy atom. The largest absolute Gasteiger partial charge is 0.508 e. The minimum Gasteiger partial charge on any atom is -0.508 e. The summed E-state index contributed by atoms with van der Waals surface area (Å²) in [6.45, 7) is 1.09. The number of aryl methyl sites for hydroxylation is 1. The molecule has 2 N–H and O–H groups in total. The van der Waals surface area contributed by atoms with E-state index in [-0.39, 0.29) is 17.6 Å². The Labute approximate surface area is 151 Å². The first-order valence-electron chi connectivity index (χ1n) is 8.69. The van der Waals surface area contributed by atoms with Gasteiger partial charge in [0.05, 0.1) is 24.3 Å². The lowest BCUT2D eigenvalue weighted by Crippen LogP contribution is -2.38. The predicted molar refractivity (Wildman–Crippen MR) is 96.5 cm³/mol. The Morgan fingerprint density at radius 3 is 2.96 bits per heavy atom. The Morgan fingerprint density at radius 1 is 1.23 bits per heavy atom. The lowest BCUT2D eigenvalue weighted by molar-refractivity contribution is -0.132. The fraction of sp³-hybridized carbons (Fsp3) is 0.250. The highest BCUT2D eigenvalue weighted by Crippen LogP contribution is 2.33. The van der Waals surface area contributed by atoms with Gasteiger partial charge >= 0.3 is 0 Å². The molecule has 3 aromatic rings. The number of nitrogens with one attached hydrogen (secondary N) is 1. The second-order valence-corrected chi connectivity index (χ2v) is 6.51. The summed E-state index contributed by atoms with van der Waals surface area (Å²) in [5.74, 6) is 0.273. The average molecular weight is 348 g/mol. The highest BCUT2D eigenvalue weighted by atomic mass is 16.3. The van der Waals surface area contributed by atoms with Crippen LogP contribution in [0.3, 0.4) is 0 Å². The van der Waals surface area contributed by atoms with Crippen LogP contribution in [-0.2, 0) is 17.8 Å². The predicted octanol–water partition coefficient (Wildman–Crippen LogP) is 2.62. The molecule has 1 aliphatic heterocycles. The van der Waals surface area contributed by atoms with Crippen LogP contribution in [0.4, 0.5) is 0 Å². The molecule has 0 saturated carbocycles. The van der Waals surface area contributed by atoms with E-state index < -0.39 is 0 Å². The Bertz CT molecular complexity index is 907. The molecule has 0 aliphatic carbocycles. The SMILES string of the molecule is O=C(CCc1ccccn1)N1Cc2[nH]cnc2C(c2cccc(O)c2)C1. The lowest BCUT2D eigenvalue weighted by atomic mass is 9.90. The molecule has 3 heterocycles. The van der Waals surface area contributed by atoms with Gasteiger partial charge in [0.1, 0.15) is 5.75 Å². The highest BCUT2D eigenvalue weighted by molar-refractivity contribution is 5.77. The standard InChI is InChI=1S/C20H20N4O2/c25-16-6-3-4-14(10-16)17-11-24(12-18-20(17)23-13-22-18)19(26)8-7-15-5-1-2-9-21-15/h1-6,9-10,13,17,25H,7-8,11-12H2,(H,22,23). The number of phenolic OH excluding ortho intramolecular Hbond substituents is 1. The molecule has 4 rings (SSSR count). The number of phenols is 1. The number of benzene rings is 1. The summed E-state index contributed by atoms with van der Waals surface area (Å²) in [5.41, 5.74) is 3.78. The Hall–Kier alpha value is -3.15.